The third-order valence-electron chi connectivity index (χ3n) is 6.02. The van der Waals surface area contributed by atoms with Crippen molar-refractivity contribution in [3.8, 4) is 5.75 Å². The highest BCUT2D eigenvalue weighted by atomic mass is 16.5. The fourth-order valence-electron chi connectivity index (χ4n) is 4.37. The van der Waals surface area contributed by atoms with Gasteiger partial charge in [-0.3, -0.25) is 19.3 Å². The van der Waals surface area contributed by atoms with Crippen LogP contribution in [-0.4, -0.2) is 46.8 Å². The summed E-state index contributed by atoms with van der Waals surface area (Å²) in [5.41, 5.74) is 1.80. The van der Waals surface area contributed by atoms with Gasteiger partial charge in [-0.1, -0.05) is 24.3 Å². The molecule has 5 rings (SSSR count). The van der Waals surface area contributed by atoms with E-state index in [9.17, 15) is 24.3 Å². The maximum atomic E-state index is 13.4. The standard InChI is InChI=1S/C25H18N2O6/c1-33-17-12-10-16(11-13-17)26-20(14-6-8-15(9-7-14)25(31)32)21(24(26)30)27-22(28)18-4-2-3-5-19(18)23(27)29/h2-13,20-21H,1H3,(H,31,32). The number of carbonyl (C=O) groups is 4. The van der Waals surface area contributed by atoms with Crippen molar-refractivity contribution in [2.45, 2.75) is 12.1 Å². The van der Waals surface area contributed by atoms with E-state index in [-0.39, 0.29) is 16.7 Å². The second-order valence-corrected chi connectivity index (χ2v) is 7.75. The Hall–Kier alpha value is -4.46. The van der Waals surface area contributed by atoms with Crippen LogP contribution < -0.4 is 9.64 Å². The molecule has 3 amide bonds. The van der Waals surface area contributed by atoms with E-state index in [1.165, 1.54) is 24.1 Å². The van der Waals surface area contributed by atoms with Crippen LogP contribution in [0, 0.1) is 0 Å². The first-order valence-electron chi connectivity index (χ1n) is 10.2. The number of hydrogen-bond donors (Lipinski definition) is 1. The Kier molecular flexibility index (Phi) is 4.70. The van der Waals surface area contributed by atoms with Crippen LogP contribution in [-0.2, 0) is 4.79 Å². The molecule has 8 nitrogen and oxygen atoms in total. The molecule has 0 bridgehead atoms. The van der Waals surface area contributed by atoms with E-state index in [0.717, 1.165) is 4.90 Å². The number of rotatable bonds is 5. The van der Waals surface area contributed by atoms with E-state index in [1.54, 1.807) is 60.7 Å². The first kappa shape index (κ1) is 20.4. The van der Waals surface area contributed by atoms with Crippen LogP contribution in [0.1, 0.15) is 42.7 Å². The third-order valence-corrected chi connectivity index (χ3v) is 6.02. The molecule has 1 N–H and O–H groups in total. The summed E-state index contributed by atoms with van der Waals surface area (Å²) in [7, 11) is 1.54. The fourth-order valence-corrected chi connectivity index (χ4v) is 4.37. The number of carboxylic acid groups (broad SMARTS) is 1. The van der Waals surface area contributed by atoms with Gasteiger partial charge in [0, 0.05) is 5.69 Å². The van der Waals surface area contributed by atoms with Crippen LogP contribution in [0.3, 0.4) is 0 Å². The molecule has 0 spiro atoms. The quantitative estimate of drug-likeness (QED) is 0.481. The summed E-state index contributed by atoms with van der Waals surface area (Å²) in [5, 5.41) is 9.23. The fraction of sp³-hybridized carbons (Fsp3) is 0.120. The molecular formula is C25H18N2O6. The van der Waals surface area contributed by atoms with E-state index in [1.807, 2.05) is 0 Å². The molecule has 0 radical (unpaired) electrons. The van der Waals surface area contributed by atoms with Crippen LogP contribution in [0.25, 0.3) is 0 Å². The second-order valence-electron chi connectivity index (χ2n) is 7.75. The minimum absolute atomic E-state index is 0.0951. The molecule has 3 aromatic carbocycles. The molecule has 1 saturated heterocycles. The number of ether oxygens (including phenoxy) is 1. The maximum Gasteiger partial charge on any atom is 0.335 e. The van der Waals surface area contributed by atoms with Gasteiger partial charge in [-0.15, -0.1) is 0 Å². The topological polar surface area (TPSA) is 104 Å². The number of carboxylic acids is 1. The van der Waals surface area contributed by atoms with Gasteiger partial charge in [0.1, 0.15) is 11.8 Å². The maximum absolute atomic E-state index is 13.4. The molecule has 2 atom stereocenters. The van der Waals surface area contributed by atoms with Crippen LogP contribution in [0.15, 0.2) is 72.8 Å². The number of carbonyl (C=O) groups excluding carboxylic acids is 3. The lowest BCUT2D eigenvalue weighted by molar-refractivity contribution is -0.130. The zero-order valence-corrected chi connectivity index (χ0v) is 17.5. The van der Waals surface area contributed by atoms with Crippen LogP contribution in [0.2, 0.25) is 0 Å². The number of benzene rings is 3. The van der Waals surface area contributed by atoms with Gasteiger partial charge in [-0.05, 0) is 54.1 Å². The number of hydrogen-bond acceptors (Lipinski definition) is 5. The van der Waals surface area contributed by atoms with E-state index in [4.69, 9.17) is 4.74 Å². The number of fused-ring (bicyclic) bond motifs is 1. The summed E-state index contributed by atoms with van der Waals surface area (Å²) < 4.78 is 5.18. The predicted octanol–water partition coefficient (Wildman–Crippen LogP) is 3.15. The van der Waals surface area contributed by atoms with Gasteiger partial charge in [0.25, 0.3) is 17.7 Å². The van der Waals surface area contributed by atoms with Crippen molar-refractivity contribution in [3.63, 3.8) is 0 Å². The molecular weight excluding hydrogens is 424 g/mol. The number of aromatic carboxylic acids is 1. The molecule has 2 aliphatic rings. The highest BCUT2D eigenvalue weighted by molar-refractivity contribution is 6.24. The average Bonchev–Trinajstić information content (AvgIpc) is 3.08. The Labute approximate surface area is 188 Å². The van der Waals surface area contributed by atoms with Crippen molar-refractivity contribution >= 4 is 29.4 Å². The molecule has 1 fully saturated rings. The molecule has 2 unspecified atom stereocenters. The third kappa shape index (κ3) is 3.07. The summed E-state index contributed by atoms with van der Waals surface area (Å²) >= 11 is 0. The first-order valence-corrected chi connectivity index (χ1v) is 10.2. The largest absolute Gasteiger partial charge is 0.497 e. The van der Waals surface area contributed by atoms with Crippen LogP contribution >= 0.6 is 0 Å². The number of imide groups is 1. The van der Waals surface area contributed by atoms with Gasteiger partial charge in [-0.25, -0.2) is 4.79 Å². The minimum Gasteiger partial charge on any atom is -0.497 e. The van der Waals surface area contributed by atoms with Crippen LogP contribution in [0.4, 0.5) is 5.69 Å². The van der Waals surface area contributed by atoms with E-state index in [0.29, 0.717) is 17.0 Å². The molecule has 3 aromatic rings. The molecule has 2 heterocycles. The van der Waals surface area contributed by atoms with Gasteiger partial charge in [-0.2, -0.15) is 0 Å². The molecule has 0 saturated carbocycles. The van der Waals surface area contributed by atoms with Crippen molar-refractivity contribution < 1.29 is 29.0 Å². The lowest BCUT2D eigenvalue weighted by Gasteiger charge is -2.49. The molecule has 164 valence electrons. The highest BCUT2D eigenvalue weighted by Crippen LogP contribution is 2.44. The van der Waals surface area contributed by atoms with Crippen molar-refractivity contribution in [3.05, 3.63) is 95.1 Å². The Balaban J connectivity index is 1.57. The van der Waals surface area contributed by atoms with E-state index < -0.39 is 35.8 Å². The molecule has 2 aliphatic heterocycles. The number of amides is 3. The smallest absolute Gasteiger partial charge is 0.335 e. The average molecular weight is 442 g/mol. The van der Waals surface area contributed by atoms with Gasteiger partial charge >= 0.3 is 5.97 Å². The predicted molar refractivity (Wildman–Crippen MR) is 117 cm³/mol. The van der Waals surface area contributed by atoms with Gasteiger partial charge in [0.05, 0.1) is 29.8 Å². The summed E-state index contributed by atoms with van der Waals surface area (Å²) in [6.45, 7) is 0. The summed E-state index contributed by atoms with van der Waals surface area (Å²) in [6.07, 6.45) is 0. The normalized spacial score (nSPS) is 19.4. The highest BCUT2D eigenvalue weighted by Gasteiger charge is 2.57. The Bertz CT molecular complexity index is 1260. The van der Waals surface area contributed by atoms with Crippen molar-refractivity contribution in [1.29, 1.82) is 0 Å². The number of nitrogens with zero attached hydrogens (tertiary/aromatic N) is 2. The number of methoxy groups -OCH3 is 1. The number of anilines is 1. The molecule has 0 aliphatic carbocycles. The Morgan fingerprint density at radius 3 is 1.88 bits per heavy atom. The SMILES string of the molecule is COc1ccc(N2C(=O)C(N3C(=O)c4ccccc4C3=O)C2c2ccc(C(=O)O)cc2)cc1. The minimum atomic E-state index is -1.07. The van der Waals surface area contributed by atoms with E-state index in [2.05, 4.69) is 0 Å². The molecule has 0 aromatic heterocycles. The zero-order chi connectivity index (χ0) is 23.3. The molecule has 8 heteroatoms. The van der Waals surface area contributed by atoms with Gasteiger partial charge in [0.2, 0.25) is 0 Å². The zero-order valence-electron chi connectivity index (χ0n) is 17.5. The summed E-state index contributed by atoms with van der Waals surface area (Å²) in [4.78, 5) is 53.3. The van der Waals surface area contributed by atoms with Gasteiger partial charge in [0.15, 0.2) is 0 Å². The lowest BCUT2D eigenvalue weighted by Crippen LogP contribution is -2.67. The summed E-state index contributed by atoms with van der Waals surface area (Å²) in [5.74, 6) is -1.89. The number of β-lactam (4-membered cyclic amide) rings is 1. The molecule has 33 heavy (non-hydrogen) atoms. The second kappa shape index (κ2) is 7.59. The lowest BCUT2D eigenvalue weighted by atomic mass is 9.86. The van der Waals surface area contributed by atoms with Crippen molar-refractivity contribution in [2.75, 3.05) is 12.0 Å². The van der Waals surface area contributed by atoms with Crippen molar-refractivity contribution in [1.82, 2.24) is 4.90 Å². The Morgan fingerprint density at radius 2 is 1.36 bits per heavy atom. The van der Waals surface area contributed by atoms with Crippen molar-refractivity contribution in [2.24, 2.45) is 0 Å². The summed E-state index contributed by atoms with van der Waals surface area (Å²) in [6, 6.07) is 17.7. The first-order chi connectivity index (χ1) is 15.9. The Morgan fingerprint density at radius 1 is 0.788 bits per heavy atom. The monoisotopic (exact) mass is 442 g/mol. The van der Waals surface area contributed by atoms with Crippen LogP contribution in [0.5, 0.6) is 5.75 Å². The van der Waals surface area contributed by atoms with E-state index >= 15 is 0 Å². The van der Waals surface area contributed by atoms with Gasteiger partial charge < -0.3 is 14.7 Å².